The molecular weight excluding hydrogens is 556 g/mol. The molecule has 0 aromatic heterocycles. The Balaban J connectivity index is 1.37. The minimum Gasteiger partial charge on any atom is -0.444 e. The molecule has 0 aliphatic carbocycles. The van der Waals surface area contributed by atoms with E-state index in [9.17, 15) is 22.8 Å². The second-order valence-electron chi connectivity index (χ2n) is 10.9. The number of ether oxygens (including phenoxy) is 2. The van der Waals surface area contributed by atoms with Crippen molar-refractivity contribution in [3.05, 3.63) is 52.0 Å². The van der Waals surface area contributed by atoms with Crippen molar-refractivity contribution in [2.45, 2.75) is 64.5 Å². The first-order valence-corrected chi connectivity index (χ1v) is 13.6. The molecule has 39 heavy (non-hydrogen) atoms. The van der Waals surface area contributed by atoms with E-state index in [-0.39, 0.29) is 29.7 Å². The summed E-state index contributed by atoms with van der Waals surface area (Å²) in [6.45, 7) is 7.22. The van der Waals surface area contributed by atoms with E-state index < -0.39 is 12.0 Å². The lowest BCUT2D eigenvalue weighted by Gasteiger charge is -2.37. The molecule has 0 bridgehead atoms. The maximum absolute atomic E-state index is 13.3. The SMILES string of the molecule is CC(C)(C)OC(=O)N1CCC(N2CC[C@@H](Cc3c(Cl)cc(-c4ccc(OC(F)(F)F)cc4)cc3Cl)C2=O)CC1. The first-order chi connectivity index (χ1) is 18.2. The number of hydrogen-bond acceptors (Lipinski definition) is 4. The fourth-order valence-electron chi connectivity index (χ4n) is 5.06. The molecule has 2 fully saturated rings. The van der Waals surface area contributed by atoms with Gasteiger partial charge in [0.05, 0.1) is 0 Å². The van der Waals surface area contributed by atoms with Gasteiger partial charge in [0.1, 0.15) is 11.4 Å². The molecular formula is C28H31Cl2F3N2O4. The number of hydrogen-bond donors (Lipinski definition) is 0. The van der Waals surface area contributed by atoms with E-state index in [1.165, 1.54) is 24.3 Å². The van der Waals surface area contributed by atoms with Crippen molar-refractivity contribution in [2.75, 3.05) is 19.6 Å². The van der Waals surface area contributed by atoms with Crippen LogP contribution in [0.1, 0.15) is 45.6 Å². The first-order valence-electron chi connectivity index (χ1n) is 12.8. The number of benzene rings is 2. The van der Waals surface area contributed by atoms with Gasteiger partial charge >= 0.3 is 12.5 Å². The summed E-state index contributed by atoms with van der Waals surface area (Å²) in [6.07, 6.45) is -2.63. The lowest BCUT2D eigenvalue weighted by molar-refractivity contribution is -0.274. The summed E-state index contributed by atoms with van der Waals surface area (Å²) in [7, 11) is 0. The number of rotatable bonds is 5. The number of carbonyl (C=O) groups is 2. The third kappa shape index (κ3) is 7.51. The Labute approximate surface area is 235 Å². The molecule has 0 spiro atoms. The third-order valence-corrected chi connectivity index (χ3v) is 7.59. The summed E-state index contributed by atoms with van der Waals surface area (Å²) < 4.78 is 46.7. The minimum atomic E-state index is -4.76. The van der Waals surface area contributed by atoms with Crippen LogP contribution in [0.15, 0.2) is 36.4 Å². The van der Waals surface area contributed by atoms with Gasteiger partial charge in [-0.15, -0.1) is 13.2 Å². The van der Waals surface area contributed by atoms with Crippen LogP contribution in [-0.2, 0) is 16.0 Å². The van der Waals surface area contributed by atoms with E-state index in [0.29, 0.717) is 72.1 Å². The van der Waals surface area contributed by atoms with E-state index in [4.69, 9.17) is 27.9 Å². The number of piperidine rings is 1. The second-order valence-corrected chi connectivity index (χ2v) is 11.7. The molecule has 4 rings (SSSR count). The summed E-state index contributed by atoms with van der Waals surface area (Å²) in [6, 6.07) is 8.91. The Bertz CT molecular complexity index is 1180. The van der Waals surface area contributed by atoms with Gasteiger partial charge in [-0.1, -0.05) is 35.3 Å². The van der Waals surface area contributed by atoms with E-state index in [1.54, 1.807) is 17.0 Å². The van der Waals surface area contributed by atoms with Crippen LogP contribution >= 0.6 is 23.2 Å². The predicted octanol–water partition coefficient (Wildman–Crippen LogP) is 7.35. The van der Waals surface area contributed by atoms with Gasteiger partial charge in [0.2, 0.25) is 5.91 Å². The number of halogens is 5. The highest BCUT2D eigenvalue weighted by atomic mass is 35.5. The molecule has 2 saturated heterocycles. The molecule has 2 aromatic rings. The minimum absolute atomic E-state index is 0.0576. The normalized spacial score (nSPS) is 19.0. The highest BCUT2D eigenvalue weighted by Gasteiger charge is 2.38. The molecule has 2 amide bonds. The summed E-state index contributed by atoms with van der Waals surface area (Å²) in [4.78, 5) is 29.3. The largest absolute Gasteiger partial charge is 0.573 e. The molecule has 212 valence electrons. The van der Waals surface area contributed by atoms with Crippen LogP contribution < -0.4 is 4.74 Å². The van der Waals surface area contributed by atoms with Gasteiger partial charge < -0.3 is 19.3 Å². The standard InChI is InChI=1S/C28H31Cl2F3N2O4/c1-27(2,3)39-26(37)34-11-9-20(10-12-34)35-13-8-18(25(35)36)14-22-23(29)15-19(16-24(22)30)17-4-6-21(7-5-17)38-28(31,32)33/h4-7,15-16,18,20H,8-14H2,1-3H3/t18-/m0/s1. The van der Waals surface area contributed by atoms with Crippen molar-refractivity contribution in [3.63, 3.8) is 0 Å². The summed E-state index contributed by atoms with van der Waals surface area (Å²) in [5.41, 5.74) is 1.38. The average molecular weight is 587 g/mol. The van der Waals surface area contributed by atoms with Gasteiger partial charge in [-0.25, -0.2) is 4.79 Å². The quantitative estimate of drug-likeness (QED) is 0.367. The van der Waals surface area contributed by atoms with Gasteiger partial charge in [-0.05, 0) is 87.4 Å². The fraction of sp³-hybridized carbons (Fsp3) is 0.500. The van der Waals surface area contributed by atoms with Crippen LogP contribution in [0, 0.1) is 5.92 Å². The maximum atomic E-state index is 13.3. The maximum Gasteiger partial charge on any atom is 0.573 e. The molecule has 0 radical (unpaired) electrons. The zero-order chi connectivity index (χ0) is 28.5. The molecule has 0 N–H and O–H groups in total. The number of carbonyl (C=O) groups excluding carboxylic acids is 2. The number of likely N-dealkylation sites (tertiary alicyclic amines) is 2. The van der Waals surface area contributed by atoms with Crippen LogP contribution in [0.25, 0.3) is 11.1 Å². The summed E-state index contributed by atoms with van der Waals surface area (Å²) in [5, 5.41) is 0.787. The Morgan fingerprint density at radius 2 is 1.54 bits per heavy atom. The van der Waals surface area contributed by atoms with Crippen LogP contribution in [0.3, 0.4) is 0 Å². The lowest BCUT2D eigenvalue weighted by Crippen LogP contribution is -2.48. The van der Waals surface area contributed by atoms with Gasteiger partial charge in [0.15, 0.2) is 0 Å². The monoisotopic (exact) mass is 586 g/mol. The van der Waals surface area contributed by atoms with E-state index in [2.05, 4.69) is 4.74 Å². The van der Waals surface area contributed by atoms with Gasteiger partial charge in [0, 0.05) is 41.6 Å². The van der Waals surface area contributed by atoms with Crippen LogP contribution in [0.2, 0.25) is 10.0 Å². The zero-order valence-electron chi connectivity index (χ0n) is 22.0. The van der Waals surface area contributed by atoms with Crippen LogP contribution in [-0.4, -0.2) is 59.4 Å². The zero-order valence-corrected chi connectivity index (χ0v) is 23.5. The van der Waals surface area contributed by atoms with Crippen LogP contribution in [0.4, 0.5) is 18.0 Å². The van der Waals surface area contributed by atoms with E-state index in [1.807, 2.05) is 25.7 Å². The lowest BCUT2D eigenvalue weighted by atomic mass is 9.95. The van der Waals surface area contributed by atoms with Crippen LogP contribution in [0.5, 0.6) is 5.75 Å². The van der Waals surface area contributed by atoms with Gasteiger partial charge in [-0.3, -0.25) is 4.79 Å². The number of nitrogens with zero attached hydrogens (tertiary/aromatic N) is 2. The molecule has 2 aliphatic rings. The van der Waals surface area contributed by atoms with Crippen molar-refractivity contribution in [1.82, 2.24) is 9.80 Å². The van der Waals surface area contributed by atoms with Crippen molar-refractivity contribution in [2.24, 2.45) is 5.92 Å². The van der Waals surface area contributed by atoms with E-state index in [0.717, 1.165) is 0 Å². The van der Waals surface area contributed by atoms with Crippen molar-refractivity contribution in [3.8, 4) is 16.9 Å². The number of amides is 2. The van der Waals surface area contributed by atoms with E-state index >= 15 is 0 Å². The third-order valence-electron chi connectivity index (χ3n) is 6.92. The Morgan fingerprint density at radius 1 is 0.949 bits per heavy atom. The van der Waals surface area contributed by atoms with Crippen molar-refractivity contribution < 1.29 is 32.2 Å². The molecule has 0 saturated carbocycles. The molecule has 2 aromatic carbocycles. The molecule has 6 nitrogen and oxygen atoms in total. The molecule has 0 unspecified atom stereocenters. The summed E-state index contributed by atoms with van der Waals surface area (Å²) in [5.74, 6) is -0.518. The smallest absolute Gasteiger partial charge is 0.444 e. The molecule has 11 heteroatoms. The van der Waals surface area contributed by atoms with Gasteiger partial charge in [-0.2, -0.15) is 0 Å². The highest BCUT2D eigenvalue weighted by Crippen LogP contribution is 2.37. The fourth-order valence-corrected chi connectivity index (χ4v) is 5.70. The molecule has 2 heterocycles. The van der Waals surface area contributed by atoms with Crippen molar-refractivity contribution in [1.29, 1.82) is 0 Å². The Morgan fingerprint density at radius 3 is 2.08 bits per heavy atom. The average Bonchev–Trinajstić information content (AvgIpc) is 3.19. The number of alkyl halides is 3. The molecule has 1 atom stereocenters. The molecule has 2 aliphatic heterocycles. The van der Waals surface area contributed by atoms with Crippen molar-refractivity contribution >= 4 is 35.2 Å². The second kappa shape index (κ2) is 11.5. The Kier molecular flexibility index (Phi) is 8.61. The van der Waals surface area contributed by atoms with Gasteiger partial charge in [0.25, 0.3) is 0 Å². The highest BCUT2D eigenvalue weighted by molar-refractivity contribution is 6.36. The predicted molar refractivity (Wildman–Crippen MR) is 143 cm³/mol. The summed E-state index contributed by atoms with van der Waals surface area (Å²) >= 11 is 13.1. The topological polar surface area (TPSA) is 59.1 Å². The first kappa shape index (κ1) is 29.3. The Hall–Kier alpha value is -2.65.